The van der Waals surface area contributed by atoms with Crippen LogP contribution in [0, 0.1) is 0 Å². The molecule has 130 valence electrons. The maximum atomic E-state index is 13.0. The summed E-state index contributed by atoms with van der Waals surface area (Å²) in [5.74, 6) is 0. The van der Waals surface area contributed by atoms with Gasteiger partial charge in [0.05, 0.1) is 10.9 Å². The van der Waals surface area contributed by atoms with E-state index in [9.17, 15) is 8.42 Å². The average molecular weight is 390 g/mol. The highest BCUT2D eigenvalue weighted by atomic mass is 32.2. The molecule has 1 aliphatic rings. The number of nitrogens with one attached hydrogen (secondary N) is 1. The number of fused-ring (bicyclic) bond motifs is 1. The van der Waals surface area contributed by atoms with Crippen molar-refractivity contribution in [1.29, 1.82) is 0 Å². The molecule has 1 atom stereocenters. The second kappa shape index (κ2) is 7.03. The number of aryl methyl sites for hydroxylation is 2. The number of benzene rings is 1. The largest absolute Gasteiger partial charge is 0.241 e. The third-order valence-corrected chi connectivity index (χ3v) is 7.67. The van der Waals surface area contributed by atoms with E-state index in [-0.39, 0.29) is 6.04 Å². The van der Waals surface area contributed by atoms with Gasteiger partial charge < -0.3 is 0 Å². The lowest BCUT2D eigenvalue weighted by molar-refractivity contribution is 0.573. The quantitative estimate of drug-likeness (QED) is 0.684. The van der Waals surface area contributed by atoms with Crippen molar-refractivity contribution in [2.45, 2.75) is 36.6 Å². The van der Waals surface area contributed by atoms with Crippen molar-refractivity contribution in [3.63, 3.8) is 0 Å². The molecule has 25 heavy (non-hydrogen) atoms. The van der Waals surface area contributed by atoms with Crippen molar-refractivity contribution in [3.8, 4) is 0 Å². The van der Waals surface area contributed by atoms with E-state index < -0.39 is 10.0 Å². The summed E-state index contributed by atoms with van der Waals surface area (Å²) in [5.41, 5.74) is 3.45. The van der Waals surface area contributed by atoms with Crippen LogP contribution >= 0.6 is 22.7 Å². The van der Waals surface area contributed by atoms with Gasteiger partial charge in [-0.05, 0) is 82.8 Å². The van der Waals surface area contributed by atoms with Crippen LogP contribution in [-0.2, 0) is 22.9 Å². The van der Waals surface area contributed by atoms with E-state index in [0.717, 1.165) is 29.7 Å². The predicted molar refractivity (Wildman–Crippen MR) is 104 cm³/mol. The maximum Gasteiger partial charge on any atom is 0.241 e. The topological polar surface area (TPSA) is 46.2 Å². The molecule has 0 amide bonds. The second-order valence-corrected chi connectivity index (χ2v) is 9.74. The van der Waals surface area contributed by atoms with Gasteiger partial charge in [0.25, 0.3) is 0 Å². The average Bonchev–Trinajstić information content (AvgIpc) is 3.33. The summed E-state index contributed by atoms with van der Waals surface area (Å²) in [4.78, 5) is 1.37. The Labute approximate surface area is 156 Å². The van der Waals surface area contributed by atoms with Crippen LogP contribution in [0.5, 0.6) is 0 Å². The Hall–Kier alpha value is -1.47. The first-order valence-corrected chi connectivity index (χ1v) is 11.6. The van der Waals surface area contributed by atoms with Crippen molar-refractivity contribution in [3.05, 3.63) is 74.1 Å². The van der Waals surface area contributed by atoms with Gasteiger partial charge in [0.2, 0.25) is 10.0 Å². The smallest absolute Gasteiger partial charge is 0.207 e. The Morgan fingerprint density at radius 1 is 1.00 bits per heavy atom. The van der Waals surface area contributed by atoms with Gasteiger partial charge in [0, 0.05) is 4.88 Å². The molecule has 1 N–H and O–H groups in total. The summed E-state index contributed by atoms with van der Waals surface area (Å²) >= 11 is 3.14. The first-order chi connectivity index (χ1) is 12.1. The van der Waals surface area contributed by atoms with E-state index in [1.807, 2.05) is 46.5 Å². The van der Waals surface area contributed by atoms with Crippen LogP contribution in [-0.4, -0.2) is 8.42 Å². The van der Waals surface area contributed by atoms with E-state index in [1.54, 1.807) is 28.7 Å². The number of hydrogen-bond donors (Lipinski definition) is 1. The van der Waals surface area contributed by atoms with Crippen LogP contribution in [0.15, 0.2) is 57.4 Å². The zero-order chi connectivity index (χ0) is 17.3. The van der Waals surface area contributed by atoms with E-state index in [0.29, 0.717) is 4.90 Å². The summed E-state index contributed by atoms with van der Waals surface area (Å²) in [5, 5.41) is 5.95. The zero-order valence-electron chi connectivity index (χ0n) is 13.6. The molecule has 2 heterocycles. The first kappa shape index (κ1) is 17.0. The van der Waals surface area contributed by atoms with Crippen LogP contribution in [0.25, 0.3) is 0 Å². The van der Waals surface area contributed by atoms with Gasteiger partial charge in [-0.2, -0.15) is 16.1 Å². The predicted octanol–water partition coefficient (Wildman–Crippen LogP) is 4.76. The molecule has 0 unspecified atom stereocenters. The minimum Gasteiger partial charge on any atom is -0.207 e. The van der Waals surface area contributed by atoms with Crippen LogP contribution in [0.4, 0.5) is 0 Å². The molecular formula is C19H19NO2S3. The number of thiophene rings is 2. The van der Waals surface area contributed by atoms with Gasteiger partial charge in [-0.25, -0.2) is 8.42 Å². The molecule has 1 aromatic carbocycles. The normalized spacial score (nSPS) is 15.7. The van der Waals surface area contributed by atoms with E-state index in [4.69, 9.17) is 0 Å². The van der Waals surface area contributed by atoms with Gasteiger partial charge in [0.15, 0.2) is 0 Å². The van der Waals surface area contributed by atoms with Crippen molar-refractivity contribution in [2.24, 2.45) is 0 Å². The Morgan fingerprint density at radius 2 is 1.84 bits per heavy atom. The van der Waals surface area contributed by atoms with Gasteiger partial charge in [-0.15, -0.1) is 11.3 Å². The number of rotatable bonds is 5. The molecule has 0 spiro atoms. The van der Waals surface area contributed by atoms with Crippen LogP contribution in [0.3, 0.4) is 0 Å². The first-order valence-electron chi connectivity index (χ1n) is 8.33. The lowest BCUT2D eigenvalue weighted by Gasteiger charge is -2.19. The van der Waals surface area contributed by atoms with Crippen LogP contribution in [0.1, 0.15) is 40.5 Å². The summed E-state index contributed by atoms with van der Waals surface area (Å²) in [6.07, 6.45) is 4.35. The van der Waals surface area contributed by atoms with Crippen molar-refractivity contribution < 1.29 is 8.42 Å². The molecule has 0 aliphatic heterocycles. The third kappa shape index (κ3) is 3.58. The van der Waals surface area contributed by atoms with Crippen molar-refractivity contribution in [1.82, 2.24) is 4.72 Å². The summed E-state index contributed by atoms with van der Waals surface area (Å²) in [6.45, 7) is 0. The molecule has 0 fully saturated rings. The van der Waals surface area contributed by atoms with E-state index >= 15 is 0 Å². The highest BCUT2D eigenvalue weighted by Crippen LogP contribution is 2.30. The van der Waals surface area contributed by atoms with E-state index in [2.05, 4.69) is 4.72 Å². The molecule has 3 nitrogen and oxygen atoms in total. The number of hydrogen-bond acceptors (Lipinski definition) is 4. The molecular weight excluding hydrogens is 370 g/mol. The highest BCUT2D eigenvalue weighted by molar-refractivity contribution is 7.89. The summed E-state index contributed by atoms with van der Waals surface area (Å²) in [6, 6.07) is 11.1. The summed E-state index contributed by atoms with van der Waals surface area (Å²) < 4.78 is 28.9. The molecule has 0 saturated carbocycles. The fraction of sp³-hybridized carbons (Fsp3) is 0.263. The molecule has 4 rings (SSSR count). The zero-order valence-corrected chi connectivity index (χ0v) is 16.1. The Balaban J connectivity index is 1.67. The fourth-order valence-electron chi connectivity index (χ4n) is 3.29. The highest BCUT2D eigenvalue weighted by Gasteiger charge is 2.25. The monoisotopic (exact) mass is 389 g/mol. The van der Waals surface area contributed by atoms with E-state index in [1.165, 1.54) is 17.5 Å². The van der Waals surface area contributed by atoms with Crippen molar-refractivity contribution >= 4 is 32.7 Å². The molecule has 1 aliphatic carbocycles. The van der Waals surface area contributed by atoms with Gasteiger partial charge in [-0.1, -0.05) is 12.1 Å². The molecule has 6 heteroatoms. The molecule has 0 saturated heterocycles. The van der Waals surface area contributed by atoms with Crippen molar-refractivity contribution in [2.75, 3.05) is 0 Å². The van der Waals surface area contributed by atoms with Crippen LogP contribution in [0.2, 0.25) is 0 Å². The fourth-order valence-corrected chi connectivity index (χ4v) is 6.10. The molecule has 0 radical (unpaired) electrons. The Kier molecular flexibility index (Phi) is 4.78. The minimum absolute atomic E-state index is 0.340. The summed E-state index contributed by atoms with van der Waals surface area (Å²) in [7, 11) is -3.58. The van der Waals surface area contributed by atoms with Crippen LogP contribution < -0.4 is 4.72 Å². The SMILES string of the molecule is O=S(=O)(N[C@@H](c1ccsc1)c1cccs1)c1ccc2c(c1)CCCC2. The second-order valence-electron chi connectivity index (χ2n) is 6.26. The Bertz CT molecular complexity index is 910. The van der Waals surface area contributed by atoms with Gasteiger partial charge in [-0.3, -0.25) is 0 Å². The Morgan fingerprint density at radius 3 is 2.56 bits per heavy atom. The maximum absolute atomic E-state index is 13.0. The molecule has 3 aromatic rings. The number of sulfonamides is 1. The lowest BCUT2D eigenvalue weighted by atomic mass is 9.92. The lowest BCUT2D eigenvalue weighted by Crippen LogP contribution is -2.29. The standard InChI is InChI=1S/C19H19NO2S3/c21-25(22,17-8-7-14-4-1-2-5-15(14)12-17)20-19(16-9-11-23-13-16)18-6-3-10-24-18/h3,6-13,19-20H,1-2,4-5H2/t19-/m0/s1. The molecule has 2 aromatic heterocycles. The van der Waals surface area contributed by atoms with Gasteiger partial charge in [0.1, 0.15) is 0 Å². The minimum atomic E-state index is -3.58. The third-order valence-electron chi connectivity index (χ3n) is 4.61. The molecule has 0 bridgehead atoms. The van der Waals surface area contributed by atoms with Gasteiger partial charge >= 0.3 is 0 Å².